The predicted octanol–water partition coefficient (Wildman–Crippen LogP) is 1.34. The average molecular weight is 355 g/mol. The Balaban J connectivity index is 1.20. The van der Waals surface area contributed by atoms with Gasteiger partial charge in [-0.3, -0.25) is 14.5 Å². The first-order valence-electron chi connectivity index (χ1n) is 9.51. The molecule has 0 bridgehead atoms. The Labute approximate surface area is 153 Å². The second-order valence-electron chi connectivity index (χ2n) is 7.66. The molecule has 0 saturated carbocycles. The van der Waals surface area contributed by atoms with Gasteiger partial charge in [-0.25, -0.2) is 9.78 Å². The van der Waals surface area contributed by atoms with E-state index in [1.807, 2.05) is 24.1 Å². The lowest BCUT2D eigenvalue weighted by molar-refractivity contribution is 0.0866. The predicted molar refractivity (Wildman–Crippen MR) is 97.1 cm³/mol. The standard InChI is InChI=1S/C18H25N7O/c1-21-6-7-24(18(21)26)15-9-20-25(12-15)16-10-22(11-16)13-17-19-8-14-4-2-3-5-23(14)17/h8-9,12,16H,2-7,10-11,13H2,1H3. The van der Waals surface area contributed by atoms with Gasteiger partial charge in [0.2, 0.25) is 0 Å². The maximum atomic E-state index is 12.1. The molecular weight excluding hydrogens is 330 g/mol. The van der Waals surface area contributed by atoms with Crippen molar-refractivity contribution < 1.29 is 4.79 Å². The van der Waals surface area contributed by atoms with Crippen LogP contribution >= 0.6 is 0 Å². The summed E-state index contributed by atoms with van der Waals surface area (Å²) < 4.78 is 4.41. The fraction of sp³-hybridized carbons (Fsp3) is 0.611. The van der Waals surface area contributed by atoms with Gasteiger partial charge in [0.25, 0.3) is 0 Å². The third-order valence-electron chi connectivity index (χ3n) is 5.88. The molecule has 2 fully saturated rings. The summed E-state index contributed by atoms with van der Waals surface area (Å²) in [4.78, 5) is 22.7. The fourth-order valence-electron chi connectivity index (χ4n) is 4.22. The molecule has 8 nitrogen and oxygen atoms in total. The highest BCUT2D eigenvalue weighted by atomic mass is 16.2. The zero-order chi connectivity index (χ0) is 17.7. The number of aromatic nitrogens is 4. The number of anilines is 1. The summed E-state index contributed by atoms with van der Waals surface area (Å²) in [5.41, 5.74) is 2.29. The maximum Gasteiger partial charge on any atom is 0.324 e. The van der Waals surface area contributed by atoms with Crippen molar-refractivity contribution in [2.75, 3.05) is 38.1 Å². The van der Waals surface area contributed by atoms with E-state index in [-0.39, 0.29) is 6.03 Å². The topological polar surface area (TPSA) is 62.4 Å². The summed E-state index contributed by atoms with van der Waals surface area (Å²) in [5.74, 6) is 1.20. The van der Waals surface area contributed by atoms with Crippen molar-refractivity contribution in [3.05, 3.63) is 30.1 Å². The minimum Gasteiger partial charge on any atom is -0.331 e. The summed E-state index contributed by atoms with van der Waals surface area (Å²) in [7, 11) is 1.84. The van der Waals surface area contributed by atoms with Crippen molar-refractivity contribution in [1.29, 1.82) is 0 Å². The van der Waals surface area contributed by atoms with Crippen LogP contribution in [0.2, 0.25) is 0 Å². The van der Waals surface area contributed by atoms with Gasteiger partial charge >= 0.3 is 6.03 Å². The van der Waals surface area contributed by atoms with Gasteiger partial charge in [-0.15, -0.1) is 0 Å². The van der Waals surface area contributed by atoms with Crippen molar-refractivity contribution in [1.82, 2.24) is 29.1 Å². The van der Waals surface area contributed by atoms with Gasteiger partial charge in [-0.05, 0) is 19.3 Å². The third kappa shape index (κ3) is 2.59. The number of likely N-dealkylation sites (tertiary alicyclic amines) is 1. The van der Waals surface area contributed by atoms with Crippen molar-refractivity contribution in [3.63, 3.8) is 0 Å². The molecule has 0 aliphatic carbocycles. The molecule has 2 aromatic rings. The molecule has 26 heavy (non-hydrogen) atoms. The number of nitrogens with zero attached hydrogens (tertiary/aromatic N) is 7. The molecule has 0 atom stereocenters. The van der Waals surface area contributed by atoms with Crippen molar-refractivity contribution >= 4 is 11.7 Å². The molecule has 0 N–H and O–H groups in total. The van der Waals surface area contributed by atoms with Crippen LogP contribution in [-0.4, -0.2) is 68.4 Å². The van der Waals surface area contributed by atoms with Gasteiger partial charge < -0.3 is 9.47 Å². The third-order valence-corrected chi connectivity index (χ3v) is 5.88. The zero-order valence-corrected chi connectivity index (χ0v) is 15.2. The summed E-state index contributed by atoms with van der Waals surface area (Å²) >= 11 is 0. The molecule has 3 aliphatic heterocycles. The lowest BCUT2D eigenvalue weighted by Crippen LogP contribution is -2.47. The summed E-state index contributed by atoms with van der Waals surface area (Å²) in [6, 6.07) is 0.443. The SMILES string of the molecule is CN1CCN(c2cnn(C3CN(Cc4ncc5n4CCCC5)C3)c2)C1=O. The lowest BCUT2D eigenvalue weighted by atomic mass is 10.1. The molecule has 0 spiro atoms. The lowest BCUT2D eigenvalue weighted by Gasteiger charge is -2.39. The van der Waals surface area contributed by atoms with Gasteiger partial charge in [0.1, 0.15) is 5.82 Å². The summed E-state index contributed by atoms with van der Waals surface area (Å²) in [6.45, 7) is 5.51. The highest BCUT2D eigenvalue weighted by Crippen LogP contribution is 2.27. The van der Waals surface area contributed by atoms with Crippen LogP contribution in [0.25, 0.3) is 0 Å². The van der Waals surface area contributed by atoms with Crippen LogP contribution in [-0.2, 0) is 19.5 Å². The normalized spacial score (nSPS) is 21.3. The molecule has 138 valence electrons. The number of carbonyl (C=O) groups is 1. The number of carbonyl (C=O) groups excluding carboxylic acids is 1. The van der Waals surface area contributed by atoms with E-state index in [1.54, 1.807) is 9.80 Å². The van der Waals surface area contributed by atoms with Crippen LogP contribution in [0.3, 0.4) is 0 Å². The highest BCUT2D eigenvalue weighted by molar-refractivity contribution is 5.93. The number of likely N-dealkylation sites (N-methyl/N-ethyl adjacent to an activating group) is 1. The fourth-order valence-corrected chi connectivity index (χ4v) is 4.22. The summed E-state index contributed by atoms with van der Waals surface area (Å²) in [6.07, 6.45) is 9.58. The van der Waals surface area contributed by atoms with Crippen LogP contribution in [0.1, 0.15) is 30.4 Å². The number of amides is 2. The first-order chi connectivity index (χ1) is 12.7. The molecule has 8 heteroatoms. The Kier molecular flexibility index (Phi) is 3.74. The number of fused-ring (bicyclic) bond motifs is 1. The zero-order valence-electron chi connectivity index (χ0n) is 15.2. The van der Waals surface area contributed by atoms with E-state index in [0.29, 0.717) is 6.04 Å². The van der Waals surface area contributed by atoms with Gasteiger partial charge in [0.15, 0.2) is 0 Å². The molecule has 5 heterocycles. The molecule has 0 unspecified atom stereocenters. The van der Waals surface area contributed by atoms with Crippen LogP contribution in [0, 0.1) is 0 Å². The molecule has 2 amide bonds. The van der Waals surface area contributed by atoms with E-state index in [9.17, 15) is 4.79 Å². The van der Waals surface area contributed by atoms with Crippen LogP contribution in [0.15, 0.2) is 18.6 Å². The Bertz CT molecular complexity index is 819. The monoisotopic (exact) mass is 355 g/mol. The Morgan fingerprint density at radius 2 is 2.04 bits per heavy atom. The molecule has 2 saturated heterocycles. The van der Waals surface area contributed by atoms with Gasteiger partial charge in [-0.1, -0.05) is 0 Å². The highest BCUT2D eigenvalue weighted by Gasteiger charge is 2.32. The number of aryl methyl sites for hydroxylation is 1. The number of imidazole rings is 1. The Hall–Kier alpha value is -2.35. The van der Waals surface area contributed by atoms with Gasteiger partial charge in [-0.2, -0.15) is 5.10 Å². The minimum atomic E-state index is 0.0591. The minimum absolute atomic E-state index is 0.0591. The van der Waals surface area contributed by atoms with Crippen molar-refractivity contribution in [3.8, 4) is 0 Å². The molecule has 5 rings (SSSR count). The first kappa shape index (κ1) is 15.9. The second kappa shape index (κ2) is 6.12. The quantitative estimate of drug-likeness (QED) is 0.830. The van der Waals surface area contributed by atoms with Crippen LogP contribution in [0.4, 0.5) is 10.5 Å². The van der Waals surface area contributed by atoms with Crippen molar-refractivity contribution in [2.45, 2.75) is 38.4 Å². The van der Waals surface area contributed by atoms with Crippen LogP contribution in [0.5, 0.6) is 0 Å². The largest absolute Gasteiger partial charge is 0.331 e. The van der Waals surface area contributed by atoms with Crippen LogP contribution < -0.4 is 4.90 Å². The Morgan fingerprint density at radius 3 is 2.85 bits per heavy atom. The smallest absolute Gasteiger partial charge is 0.324 e. The van der Waals surface area contributed by atoms with E-state index in [0.717, 1.165) is 51.4 Å². The summed E-state index contributed by atoms with van der Waals surface area (Å²) in [5, 5.41) is 4.50. The molecule has 2 aromatic heterocycles. The first-order valence-corrected chi connectivity index (χ1v) is 9.51. The number of hydrogen-bond donors (Lipinski definition) is 0. The van der Waals surface area contributed by atoms with E-state index in [2.05, 4.69) is 25.7 Å². The maximum absolute atomic E-state index is 12.1. The average Bonchev–Trinajstić information content (AvgIpc) is 3.31. The van der Waals surface area contributed by atoms with E-state index in [1.165, 1.54) is 24.4 Å². The number of hydrogen-bond acceptors (Lipinski definition) is 4. The second-order valence-corrected chi connectivity index (χ2v) is 7.66. The Morgan fingerprint density at radius 1 is 1.15 bits per heavy atom. The van der Waals surface area contributed by atoms with E-state index >= 15 is 0 Å². The van der Waals surface area contributed by atoms with E-state index < -0.39 is 0 Å². The number of urea groups is 1. The van der Waals surface area contributed by atoms with Gasteiger partial charge in [0.05, 0.1) is 24.5 Å². The molecular formula is C18H25N7O. The number of rotatable bonds is 4. The molecule has 0 radical (unpaired) electrons. The molecule has 3 aliphatic rings. The van der Waals surface area contributed by atoms with Crippen molar-refractivity contribution in [2.24, 2.45) is 0 Å². The molecule has 0 aromatic carbocycles. The van der Waals surface area contributed by atoms with E-state index in [4.69, 9.17) is 0 Å². The van der Waals surface area contributed by atoms with Gasteiger partial charge in [0, 0.05) is 57.9 Å².